The van der Waals surface area contributed by atoms with E-state index in [1.165, 1.54) is 12.4 Å². The predicted octanol–water partition coefficient (Wildman–Crippen LogP) is 3.13. The molecule has 2 nitrogen and oxygen atoms in total. The van der Waals surface area contributed by atoms with Crippen LogP contribution < -0.4 is 5.73 Å². The number of halogens is 1. The molecule has 0 aromatic heterocycles. The minimum atomic E-state index is 0.517. The van der Waals surface area contributed by atoms with E-state index in [2.05, 4.69) is 11.6 Å². The number of allylic oxidation sites excluding steroid dienone is 5. The lowest BCUT2D eigenvalue weighted by Crippen LogP contribution is -1.89. The fraction of sp³-hybridized carbons (Fsp3) is 0.182. The Kier molecular flexibility index (Phi) is 7.56. The predicted molar refractivity (Wildman–Crippen MR) is 64.3 cm³/mol. The molecule has 0 saturated carbocycles. The first kappa shape index (κ1) is 12.7. The van der Waals surface area contributed by atoms with Gasteiger partial charge in [-0.25, -0.2) is 0 Å². The minimum absolute atomic E-state index is 0.517. The summed E-state index contributed by atoms with van der Waals surface area (Å²) in [6, 6.07) is 0. The van der Waals surface area contributed by atoms with Gasteiger partial charge < -0.3 is 5.73 Å². The molecule has 0 aliphatic heterocycles. The molecule has 0 heterocycles. The van der Waals surface area contributed by atoms with Crippen molar-refractivity contribution in [3.05, 3.63) is 48.3 Å². The third kappa shape index (κ3) is 6.26. The summed E-state index contributed by atoms with van der Waals surface area (Å²) < 4.78 is 0. The van der Waals surface area contributed by atoms with Crippen molar-refractivity contribution in [2.45, 2.75) is 13.3 Å². The minimum Gasteiger partial charge on any atom is -0.403 e. The van der Waals surface area contributed by atoms with Crippen LogP contribution in [0.4, 0.5) is 0 Å². The molecule has 0 rings (SSSR count). The van der Waals surface area contributed by atoms with Crippen LogP contribution in [0.25, 0.3) is 0 Å². The third-order valence-electron chi connectivity index (χ3n) is 1.38. The van der Waals surface area contributed by atoms with Crippen molar-refractivity contribution in [3.63, 3.8) is 0 Å². The Labute approximate surface area is 90.2 Å². The molecule has 14 heavy (non-hydrogen) atoms. The maximum absolute atomic E-state index is 5.67. The van der Waals surface area contributed by atoms with Crippen molar-refractivity contribution < 1.29 is 0 Å². The van der Waals surface area contributed by atoms with Crippen molar-refractivity contribution in [1.82, 2.24) is 0 Å². The van der Waals surface area contributed by atoms with Crippen molar-refractivity contribution in [2.24, 2.45) is 10.7 Å². The molecule has 0 spiro atoms. The second-order valence-corrected chi connectivity index (χ2v) is 2.90. The molecule has 0 aromatic rings. The van der Waals surface area contributed by atoms with E-state index < -0.39 is 0 Å². The lowest BCUT2D eigenvalue weighted by Gasteiger charge is -1.93. The average molecular weight is 211 g/mol. The zero-order valence-corrected chi connectivity index (χ0v) is 9.04. The number of rotatable bonds is 5. The van der Waals surface area contributed by atoms with Crippen LogP contribution in [0, 0.1) is 0 Å². The van der Waals surface area contributed by atoms with E-state index in [0.29, 0.717) is 11.5 Å². The van der Waals surface area contributed by atoms with E-state index in [1.807, 2.05) is 25.2 Å². The van der Waals surface area contributed by atoms with E-state index in [-0.39, 0.29) is 0 Å². The molecule has 0 atom stereocenters. The average Bonchev–Trinajstić information content (AvgIpc) is 2.18. The number of nitrogens with zero attached hydrogens (tertiary/aromatic N) is 1. The van der Waals surface area contributed by atoms with E-state index >= 15 is 0 Å². The molecule has 0 radical (unpaired) electrons. The number of hydrogen-bond acceptors (Lipinski definition) is 2. The SMILES string of the molecule is C=CN=C(/C=C\C)C/C=C\C(Cl)=C/N. The van der Waals surface area contributed by atoms with Gasteiger partial charge in [-0.2, -0.15) is 0 Å². The molecule has 0 bridgehead atoms. The summed E-state index contributed by atoms with van der Waals surface area (Å²) in [6.45, 7) is 5.48. The molecule has 3 heteroatoms. The summed E-state index contributed by atoms with van der Waals surface area (Å²) in [4.78, 5) is 4.09. The Morgan fingerprint density at radius 1 is 1.50 bits per heavy atom. The molecular weight excluding hydrogens is 196 g/mol. The van der Waals surface area contributed by atoms with Gasteiger partial charge in [-0.3, -0.25) is 4.99 Å². The Morgan fingerprint density at radius 2 is 2.21 bits per heavy atom. The quantitative estimate of drug-likeness (QED) is 0.550. The van der Waals surface area contributed by atoms with Crippen LogP contribution in [0.2, 0.25) is 0 Å². The number of aliphatic imine (C=N–C) groups is 1. The Balaban J connectivity index is 4.27. The third-order valence-corrected chi connectivity index (χ3v) is 1.63. The van der Waals surface area contributed by atoms with Crippen LogP contribution in [0.5, 0.6) is 0 Å². The van der Waals surface area contributed by atoms with Gasteiger partial charge in [0.05, 0.1) is 5.03 Å². The summed E-state index contributed by atoms with van der Waals surface area (Å²) in [5.74, 6) is 0. The number of hydrogen-bond donors (Lipinski definition) is 1. The van der Waals surface area contributed by atoms with Gasteiger partial charge >= 0.3 is 0 Å². The van der Waals surface area contributed by atoms with Crippen LogP contribution >= 0.6 is 11.6 Å². The van der Waals surface area contributed by atoms with Gasteiger partial charge in [-0.1, -0.05) is 30.3 Å². The second kappa shape index (κ2) is 8.32. The maximum Gasteiger partial charge on any atom is 0.0557 e. The summed E-state index contributed by atoms with van der Waals surface area (Å²) >= 11 is 5.67. The Morgan fingerprint density at radius 3 is 2.71 bits per heavy atom. The first-order valence-electron chi connectivity index (χ1n) is 4.28. The molecule has 2 N–H and O–H groups in total. The second-order valence-electron chi connectivity index (χ2n) is 2.46. The van der Waals surface area contributed by atoms with Crippen LogP contribution in [0.15, 0.2) is 53.3 Å². The fourth-order valence-corrected chi connectivity index (χ4v) is 0.910. The zero-order valence-electron chi connectivity index (χ0n) is 8.28. The Hall–Kier alpha value is -1.28. The van der Waals surface area contributed by atoms with Crippen LogP contribution in [-0.4, -0.2) is 5.71 Å². The van der Waals surface area contributed by atoms with E-state index in [0.717, 1.165) is 5.71 Å². The lowest BCUT2D eigenvalue weighted by molar-refractivity contribution is 1.41. The van der Waals surface area contributed by atoms with Gasteiger partial charge in [0.2, 0.25) is 0 Å². The van der Waals surface area contributed by atoms with Crippen molar-refractivity contribution >= 4 is 17.3 Å². The highest BCUT2D eigenvalue weighted by Crippen LogP contribution is 2.02. The zero-order chi connectivity index (χ0) is 10.8. The topological polar surface area (TPSA) is 38.4 Å². The van der Waals surface area contributed by atoms with E-state index in [1.54, 1.807) is 6.08 Å². The first-order chi connectivity index (χ1) is 6.74. The molecule has 0 amide bonds. The normalized spacial score (nSPS) is 14.1. The molecule has 0 aromatic carbocycles. The smallest absolute Gasteiger partial charge is 0.0557 e. The molecule has 0 fully saturated rings. The van der Waals surface area contributed by atoms with E-state index in [4.69, 9.17) is 17.3 Å². The highest BCUT2D eigenvalue weighted by Gasteiger charge is 1.89. The van der Waals surface area contributed by atoms with Crippen LogP contribution in [-0.2, 0) is 0 Å². The van der Waals surface area contributed by atoms with Gasteiger partial charge in [0.1, 0.15) is 0 Å². The molecule has 0 unspecified atom stereocenters. The molecule has 0 saturated heterocycles. The first-order valence-corrected chi connectivity index (χ1v) is 4.66. The largest absolute Gasteiger partial charge is 0.403 e. The summed E-state index contributed by atoms with van der Waals surface area (Å²) in [5.41, 5.74) is 6.13. The highest BCUT2D eigenvalue weighted by molar-refractivity contribution is 6.31. The lowest BCUT2D eigenvalue weighted by atomic mass is 10.2. The molecule has 76 valence electrons. The van der Waals surface area contributed by atoms with Gasteiger partial charge in [-0.15, -0.1) is 0 Å². The monoisotopic (exact) mass is 210 g/mol. The fourth-order valence-electron chi connectivity index (χ4n) is 0.821. The van der Waals surface area contributed by atoms with Gasteiger partial charge in [0, 0.05) is 24.5 Å². The summed E-state index contributed by atoms with van der Waals surface area (Å²) in [6.07, 6.45) is 11.1. The van der Waals surface area contributed by atoms with Crippen LogP contribution in [0.1, 0.15) is 13.3 Å². The molecule has 0 aliphatic rings. The van der Waals surface area contributed by atoms with Crippen molar-refractivity contribution in [1.29, 1.82) is 0 Å². The summed E-state index contributed by atoms with van der Waals surface area (Å²) in [7, 11) is 0. The van der Waals surface area contributed by atoms with Gasteiger partial charge in [0.15, 0.2) is 0 Å². The number of nitrogens with two attached hydrogens (primary N) is 1. The maximum atomic E-state index is 5.67. The van der Waals surface area contributed by atoms with Gasteiger partial charge in [0.25, 0.3) is 0 Å². The van der Waals surface area contributed by atoms with Crippen LogP contribution in [0.3, 0.4) is 0 Å². The Bertz CT molecular complexity index is 286. The van der Waals surface area contributed by atoms with Crippen molar-refractivity contribution in [2.75, 3.05) is 0 Å². The summed E-state index contributed by atoms with van der Waals surface area (Å²) in [5, 5.41) is 0.517. The van der Waals surface area contributed by atoms with Crippen molar-refractivity contribution in [3.8, 4) is 0 Å². The van der Waals surface area contributed by atoms with Gasteiger partial charge in [-0.05, 0) is 19.1 Å². The van der Waals surface area contributed by atoms with E-state index in [9.17, 15) is 0 Å². The highest BCUT2D eigenvalue weighted by atomic mass is 35.5. The molecule has 0 aliphatic carbocycles. The molecular formula is C11H15ClN2. The standard InChI is InChI=1S/C11H15ClN2/c1-3-6-11(14-4-2)8-5-7-10(12)9-13/h3-7,9H,2,8,13H2,1H3/b6-3-,7-5-,10-9+,14-11?.